The van der Waals surface area contributed by atoms with Crippen LogP contribution in [0.4, 0.5) is 5.69 Å². The van der Waals surface area contributed by atoms with Crippen LogP contribution in [0.15, 0.2) is 47.6 Å². The first-order chi connectivity index (χ1) is 7.77. The summed E-state index contributed by atoms with van der Waals surface area (Å²) in [5.74, 6) is 0. The maximum atomic E-state index is 4.49. The summed E-state index contributed by atoms with van der Waals surface area (Å²) < 4.78 is 0. The normalized spacial score (nSPS) is 10.2. The van der Waals surface area contributed by atoms with Gasteiger partial charge < -0.3 is 0 Å². The Balaban J connectivity index is 0.00000144. The molecule has 2 aromatic rings. The SMILES string of the molecule is Cc1cccc(C)c1N=Cc1ccccn1.[Pt]. The van der Waals surface area contributed by atoms with Crippen LogP contribution < -0.4 is 0 Å². The van der Waals surface area contributed by atoms with Gasteiger partial charge in [-0.2, -0.15) is 0 Å². The van der Waals surface area contributed by atoms with Crippen LogP contribution in [0.25, 0.3) is 0 Å². The molecular weight excluding hydrogens is 391 g/mol. The Morgan fingerprint density at radius 2 is 1.71 bits per heavy atom. The smallest absolute Gasteiger partial charge is 0.0812 e. The molecule has 0 N–H and O–H groups in total. The van der Waals surface area contributed by atoms with E-state index in [0.717, 1.165) is 11.4 Å². The third kappa shape index (κ3) is 3.60. The van der Waals surface area contributed by atoms with Crippen molar-refractivity contribution in [2.45, 2.75) is 13.8 Å². The fourth-order valence-corrected chi connectivity index (χ4v) is 1.59. The van der Waals surface area contributed by atoms with Crippen molar-refractivity contribution in [2.75, 3.05) is 0 Å². The minimum absolute atomic E-state index is 0. The molecule has 0 aliphatic carbocycles. The Morgan fingerprint density at radius 3 is 2.29 bits per heavy atom. The number of aromatic nitrogens is 1. The molecule has 17 heavy (non-hydrogen) atoms. The molecule has 1 heterocycles. The van der Waals surface area contributed by atoms with Crippen molar-refractivity contribution in [3.05, 3.63) is 59.4 Å². The Labute approximate surface area is 116 Å². The Kier molecular flexibility index (Phi) is 5.24. The summed E-state index contributed by atoms with van der Waals surface area (Å²) in [4.78, 5) is 8.69. The molecule has 0 fully saturated rings. The minimum atomic E-state index is 0. The molecule has 90 valence electrons. The van der Waals surface area contributed by atoms with E-state index in [9.17, 15) is 0 Å². The fraction of sp³-hybridized carbons (Fsp3) is 0.143. The molecule has 0 saturated heterocycles. The monoisotopic (exact) mass is 405 g/mol. The van der Waals surface area contributed by atoms with Gasteiger partial charge in [-0.15, -0.1) is 0 Å². The number of aliphatic imine (C=N–C) groups is 1. The number of rotatable bonds is 2. The van der Waals surface area contributed by atoms with E-state index >= 15 is 0 Å². The van der Waals surface area contributed by atoms with Crippen LogP contribution in [0.3, 0.4) is 0 Å². The summed E-state index contributed by atoms with van der Waals surface area (Å²) >= 11 is 0. The van der Waals surface area contributed by atoms with Crippen molar-refractivity contribution in [1.82, 2.24) is 4.98 Å². The number of hydrogen-bond donors (Lipinski definition) is 0. The minimum Gasteiger partial charge on any atom is -0.255 e. The van der Waals surface area contributed by atoms with Gasteiger partial charge in [-0.3, -0.25) is 9.98 Å². The number of benzene rings is 1. The molecule has 0 saturated carbocycles. The first kappa shape index (κ1) is 13.8. The van der Waals surface area contributed by atoms with Gasteiger partial charge in [0, 0.05) is 27.3 Å². The molecule has 0 radical (unpaired) electrons. The summed E-state index contributed by atoms with van der Waals surface area (Å²) in [6.07, 6.45) is 3.57. The molecular formula is C14H14N2Pt. The predicted molar refractivity (Wildman–Crippen MR) is 67.4 cm³/mol. The second-order valence-electron chi connectivity index (χ2n) is 3.75. The van der Waals surface area contributed by atoms with E-state index < -0.39 is 0 Å². The first-order valence-electron chi connectivity index (χ1n) is 5.28. The summed E-state index contributed by atoms with van der Waals surface area (Å²) in [5, 5.41) is 0. The van der Waals surface area contributed by atoms with Crippen molar-refractivity contribution in [3.8, 4) is 0 Å². The summed E-state index contributed by atoms with van der Waals surface area (Å²) in [7, 11) is 0. The third-order valence-corrected chi connectivity index (χ3v) is 2.45. The van der Waals surface area contributed by atoms with Crippen LogP contribution in [0.2, 0.25) is 0 Å². The largest absolute Gasteiger partial charge is 0.255 e. The van der Waals surface area contributed by atoms with Crippen molar-refractivity contribution in [3.63, 3.8) is 0 Å². The maximum absolute atomic E-state index is 4.49. The number of pyridine rings is 1. The molecule has 0 bridgehead atoms. The molecule has 0 aliphatic heterocycles. The average molecular weight is 405 g/mol. The standard InChI is InChI=1S/C14H14N2.Pt/c1-11-6-5-7-12(2)14(11)16-10-13-8-3-4-9-15-13;/h3-10H,1-2H3;. The number of para-hydroxylation sites is 1. The van der Waals surface area contributed by atoms with Gasteiger partial charge >= 0.3 is 0 Å². The van der Waals surface area contributed by atoms with Crippen molar-refractivity contribution >= 4 is 11.9 Å². The summed E-state index contributed by atoms with van der Waals surface area (Å²) in [6, 6.07) is 12.0. The Hall–Kier alpha value is -1.27. The molecule has 2 rings (SSSR count). The molecule has 0 aliphatic rings. The maximum Gasteiger partial charge on any atom is 0.0812 e. The van der Waals surface area contributed by atoms with Crippen LogP contribution in [0.1, 0.15) is 16.8 Å². The van der Waals surface area contributed by atoms with Gasteiger partial charge in [-0.25, -0.2) is 0 Å². The van der Waals surface area contributed by atoms with E-state index in [1.807, 2.05) is 24.3 Å². The molecule has 2 nitrogen and oxygen atoms in total. The van der Waals surface area contributed by atoms with Gasteiger partial charge in [0.2, 0.25) is 0 Å². The number of hydrogen-bond acceptors (Lipinski definition) is 2. The molecule has 0 atom stereocenters. The van der Waals surface area contributed by atoms with Crippen LogP contribution >= 0.6 is 0 Å². The van der Waals surface area contributed by atoms with Crippen molar-refractivity contribution < 1.29 is 21.1 Å². The van der Waals surface area contributed by atoms with E-state index in [4.69, 9.17) is 0 Å². The van der Waals surface area contributed by atoms with E-state index in [-0.39, 0.29) is 21.1 Å². The quantitative estimate of drug-likeness (QED) is 0.703. The zero-order valence-electron chi connectivity index (χ0n) is 9.83. The van der Waals surface area contributed by atoms with E-state index in [1.54, 1.807) is 12.4 Å². The van der Waals surface area contributed by atoms with E-state index in [2.05, 4.69) is 36.0 Å². The van der Waals surface area contributed by atoms with Crippen LogP contribution in [-0.2, 0) is 21.1 Å². The van der Waals surface area contributed by atoms with Gasteiger partial charge in [-0.1, -0.05) is 24.3 Å². The second-order valence-corrected chi connectivity index (χ2v) is 3.75. The zero-order chi connectivity index (χ0) is 11.4. The van der Waals surface area contributed by atoms with Crippen molar-refractivity contribution in [1.29, 1.82) is 0 Å². The Morgan fingerprint density at radius 1 is 1.00 bits per heavy atom. The predicted octanol–water partition coefficient (Wildman–Crippen LogP) is 3.45. The Bertz CT molecular complexity index is 487. The van der Waals surface area contributed by atoms with Gasteiger partial charge in [-0.05, 0) is 37.1 Å². The summed E-state index contributed by atoms with van der Waals surface area (Å²) in [6.45, 7) is 4.14. The number of aryl methyl sites for hydroxylation is 2. The second kappa shape index (κ2) is 6.46. The fourth-order valence-electron chi connectivity index (χ4n) is 1.59. The average Bonchev–Trinajstić information content (AvgIpc) is 2.30. The van der Waals surface area contributed by atoms with E-state index in [0.29, 0.717) is 0 Å². The topological polar surface area (TPSA) is 25.2 Å². The van der Waals surface area contributed by atoms with E-state index in [1.165, 1.54) is 11.1 Å². The summed E-state index contributed by atoms with van der Waals surface area (Å²) in [5.41, 5.74) is 4.29. The van der Waals surface area contributed by atoms with Gasteiger partial charge in [0.25, 0.3) is 0 Å². The molecule has 3 heteroatoms. The molecule has 1 aromatic carbocycles. The van der Waals surface area contributed by atoms with Gasteiger partial charge in [0.15, 0.2) is 0 Å². The van der Waals surface area contributed by atoms with Crippen LogP contribution in [-0.4, -0.2) is 11.2 Å². The van der Waals surface area contributed by atoms with Gasteiger partial charge in [0.05, 0.1) is 17.6 Å². The molecule has 0 spiro atoms. The van der Waals surface area contributed by atoms with Crippen LogP contribution in [0, 0.1) is 13.8 Å². The molecule has 1 aromatic heterocycles. The molecule has 0 unspecified atom stereocenters. The zero-order valence-corrected chi connectivity index (χ0v) is 12.1. The van der Waals surface area contributed by atoms with Crippen molar-refractivity contribution in [2.24, 2.45) is 4.99 Å². The van der Waals surface area contributed by atoms with Crippen LogP contribution in [0.5, 0.6) is 0 Å². The molecule has 0 amide bonds. The number of nitrogens with zero attached hydrogens (tertiary/aromatic N) is 2. The first-order valence-corrected chi connectivity index (χ1v) is 5.28. The van der Waals surface area contributed by atoms with Gasteiger partial charge in [0.1, 0.15) is 0 Å². The third-order valence-electron chi connectivity index (χ3n) is 2.45.